The average molecular weight is 548 g/mol. The van der Waals surface area contributed by atoms with Gasteiger partial charge in [0.1, 0.15) is 12.4 Å². The predicted octanol–water partition coefficient (Wildman–Crippen LogP) is 3.34. The number of anilines is 1. The van der Waals surface area contributed by atoms with E-state index in [9.17, 15) is 20.4 Å². The number of halogens is 2. The predicted molar refractivity (Wildman–Crippen MR) is 143 cm³/mol. The van der Waals surface area contributed by atoms with Crippen molar-refractivity contribution in [3.63, 3.8) is 0 Å². The highest BCUT2D eigenvalue weighted by Crippen LogP contribution is 2.38. The van der Waals surface area contributed by atoms with Crippen LogP contribution in [0.5, 0.6) is 5.75 Å². The number of ether oxygens (including phenoxy) is 1. The van der Waals surface area contributed by atoms with Gasteiger partial charge in [-0.25, -0.2) is 0 Å². The molecule has 3 aromatic rings. The van der Waals surface area contributed by atoms with Crippen LogP contribution in [0.3, 0.4) is 0 Å². The maximum absolute atomic E-state index is 10.9. The Hall–Kier alpha value is -2.43. The number of piperazine rings is 1. The van der Waals surface area contributed by atoms with Crippen molar-refractivity contribution in [2.24, 2.45) is 0 Å². The highest BCUT2D eigenvalue weighted by atomic mass is 35.5. The van der Waals surface area contributed by atoms with E-state index in [1.807, 2.05) is 41.3 Å². The van der Waals surface area contributed by atoms with E-state index in [0.717, 1.165) is 11.3 Å². The summed E-state index contributed by atoms with van der Waals surface area (Å²) >= 11 is 12.8. The summed E-state index contributed by atoms with van der Waals surface area (Å²) in [5.74, 6) is -1.55. The number of hydrogen-bond donors (Lipinski definition) is 4. The van der Waals surface area contributed by atoms with Crippen LogP contribution in [-0.4, -0.2) is 69.2 Å². The van der Waals surface area contributed by atoms with Crippen molar-refractivity contribution in [3.05, 3.63) is 87.7 Å². The van der Waals surface area contributed by atoms with Crippen LogP contribution in [0.25, 0.3) is 0 Å². The fraction of sp³-hybridized carbons (Fsp3) is 0.370. The summed E-state index contributed by atoms with van der Waals surface area (Å²) in [5, 5.41) is 41.6. The Labute approximate surface area is 226 Å². The first-order chi connectivity index (χ1) is 17.7. The topological polar surface area (TPSA) is 110 Å². The molecule has 1 fully saturated rings. The van der Waals surface area contributed by atoms with Crippen LogP contribution in [0.1, 0.15) is 29.8 Å². The van der Waals surface area contributed by atoms with Crippen molar-refractivity contribution >= 4 is 28.9 Å². The summed E-state index contributed by atoms with van der Waals surface area (Å²) in [6, 6.07) is 16.0. The zero-order chi connectivity index (χ0) is 26.6. The molecule has 1 aromatic heterocycles. The Morgan fingerprint density at radius 3 is 2.46 bits per heavy atom. The molecule has 198 valence electrons. The van der Waals surface area contributed by atoms with Crippen LogP contribution in [0.2, 0.25) is 10.0 Å². The van der Waals surface area contributed by atoms with E-state index >= 15 is 0 Å². The van der Waals surface area contributed by atoms with Crippen molar-refractivity contribution in [2.45, 2.75) is 31.5 Å². The molecule has 0 unspecified atom stereocenters. The van der Waals surface area contributed by atoms with Gasteiger partial charge in [-0.1, -0.05) is 41.4 Å². The number of β-amino-alcohol motifs (C(OH)–C–C–N with tert-alkyl or cyclic N) is 2. The second kappa shape index (κ2) is 12.0. The Balaban J connectivity index is 1.57. The zero-order valence-electron chi connectivity index (χ0n) is 20.5. The molecule has 4 rings (SSSR count). The van der Waals surface area contributed by atoms with Crippen molar-refractivity contribution < 1.29 is 25.2 Å². The Bertz CT molecular complexity index is 1180. The van der Waals surface area contributed by atoms with E-state index in [-0.39, 0.29) is 31.4 Å². The van der Waals surface area contributed by atoms with Gasteiger partial charge in [-0.05, 0) is 42.8 Å². The van der Waals surface area contributed by atoms with Crippen LogP contribution in [0.4, 0.5) is 5.69 Å². The largest absolute Gasteiger partial charge is 0.491 e. The lowest BCUT2D eigenvalue weighted by Gasteiger charge is -2.44. The van der Waals surface area contributed by atoms with Gasteiger partial charge in [0.05, 0.1) is 41.7 Å². The van der Waals surface area contributed by atoms with Gasteiger partial charge in [0.15, 0.2) is 0 Å². The summed E-state index contributed by atoms with van der Waals surface area (Å²) in [4.78, 5) is 8.25. The minimum atomic E-state index is -2.12. The molecule has 0 amide bonds. The maximum Gasteiger partial charge on any atom is 0.204 e. The van der Waals surface area contributed by atoms with Gasteiger partial charge in [0.2, 0.25) is 5.79 Å². The van der Waals surface area contributed by atoms with Gasteiger partial charge in [-0.2, -0.15) is 0 Å². The highest BCUT2D eigenvalue weighted by Gasteiger charge is 2.35. The molecule has 0 radical (unpaired) electrons. The zero-order valence-corrected chi connectivity index (χ0v) is 22.0. The van der Waals surface area contributed by atoms with Crippen molar-refractivity contribution in [2.75, 3.05) is 37.7 Å². The van der Waals surface area contributed by atoms with Gasteiger partial charge in [0, 0.05) is 42.5 Å². The maximum atomic E-state index is 10.9. The number of aromatic nitrogens is 1. The first-order valence-corrected chi connectivity index (χ1v) is 12.8. The van der Waals surface area contributed by atoms with E-state index in [2.05, 4.69) is 9.88 Å². The smallest absolute Gasteiger partial charge is 0.204 e. The number of hydrogen-bond acceptors (Lipinski definition) is 8. The molecule has 1 aliphatic heterocycles. The lowest BCUT2D eigenvalue weighted by Crippen LogP contribution is -2.52. The highest BCUT2D eigenvalue weighted by molar-refractivity contribution is 6.33. The van der Waals surface area contributed by atoms with E-state index in [1.165, 1.54) is 6.20 Å². The van der Waals surface area contributed by atoms with E-state index < -0.39 is 11.9 Å². The molecule has 10 heteroatoms. The molecule has 8 nitrogen and oxygen atoms in total. The molecule has 0 saturated carbocycles. The standard InChI is InChI=1S/C27H31Cl2N3O5/c1-18(34)16-37-23-8-9-25(24(29)12-23)32-11-10-31(14-26(32)19-2-5-21(28)6-3-19)17-27(35,36)20-4-7-22(15-33)30-13-20/h2-9,12-13,18,26,33-36H,10-11,14-17H2,1H3/t18-,26+/m1/s1. The minimum absolute atomic E-state index is 0.0229. The molecule has 2 aromatic carbocycles. The third-order valence-corrected chi connectivity index (χ3v) is 6.89. The molecular weight excluding hydrogens is 517 g/mol. The van der Waals surface area contributed by atoms with Gasteiger partial charge in [0.25, 0.3) is 0 Å². The van der Waals surface area contributed by atoms with Crippen molar-refractivity contribution in [1.29, 1.82) is 0 Å². The number of nitrogens with zero attached hydrogens (tertiary/aromatic N) is 3. The Morgan fingerprint density at radius 1 is 1.08 bits per heavy atom. The van der Waals surface area contributed by atoms with Crippen LogP contribution in [0.15, 0.2) is 60.8 Å². The van der Waals surface area contributed by atoms with Crippen molar-refractivity contribution in [3.8, 4) is 5.75 Å². The molecule has 2 heterocycles. The lowest BCUT2D eigenvalue weighted by molar-refractivity contribution is -0.184. The first-order valence-electron chi connectivity index (χ1n) is 12.0. The van der Waals surface area contributed by atoms with Crippen LogP contribution in [0, 0.1) is 0 Å². The quantitative estimate of drug-likeness (QED) is 0.302. The number of aliphatic hydroxyl groups excluding tert-OH is 2. The van der Waals surface area contributed by atoms with Crippen LogP contribution < -0.4 is 9.64 Å². The molecule has 37 heavy (non-hydrogen) atoms. The molecule has 1 aliphatic rings. The van der Waals surface area contributed by atoms with Gasteiger partial charge >= 0.3 is 0 Å². The van der Waals surface area contributed by atoms with E-state index in [4.69, 9.17) is 27.9 Å². The SMILES string of the molecule is C[C@@H](O)COc1ccc(N2CCN(CC(O)(O)c3ccc(CO)nc3)C[C@H]2c2ccc(Cl)cc2)c(Cl)c1. The summed E-state index contributed by atoms with van der Waals surface area (Å²) in [6.45, 7) is 3.23. The van der Waals surface area contributed by atoms with Gasteiger partial charge in [-0.3, -0.25) is 9.88 Å². The van der Waals surface area contributed by atoms with Crippen LogP contribution in [-0.2, 0) is 12.4 Å². The number of benzene rings is 2. The molecule has 2 atom stereocenters. The normalized spacial score (nSPS) is 17.6. The molecule has 0 bridgehead atoms. The number of pyridine rings is 1. The van der Waals surface area contributed by atoms with Crippen LogP contribution >= 0.6 is 23.2 Å². The molecule has 4 N–H and O–H groups in total. The Morgan fingerprint density at radius 2 is 1.84 bits per heavy atom. The second-order valence-corrected chi connectivity index (χ2v) is 10.1. The molecule has 0 spiro atoms. The van der Waals surface area contributed by atoms with Gasteiger partial charge < -0.3 is 30.1 Å². The second-order valence-electron chi connectivity index (χ2n) is 9.28. The third kappa shape index (κ3) is 6.91. The van der Waals surface area contributed by atoms with Crippen molar-refractivity contribution in [1.82, 2.24) is 9.88 Å². The fourth-order valence-electron chi connectivity index (χ4n) is 4.43. The molecule has 1 saturated heterocycles. The summed E-state index contributed by atoms with van der Waals surface area (Å²) in [7, 11) is 0. The summed E-state index contributed by atoms with van der Waals surface area (Å²) in [6.07, 6.45) is 0.786. The lowest BCUT2D eigenvalue weighted by atomic mass is 9.99. The monoisotopic (exact) mass is 547 g/mol. The Kier molecular flexibility index (Phi) is 8.92. The number of aliphatic hydroxyl groups is 4. The minimum Gasteiger partial charge on any atom is -0.491 e. The number of rotatable bonds is 9. The molecule has 0 aliphatic carbocycles. The van der Waals surface area contributed by atoms with Gasteiger partial charge in [-0.15, -0.1) is 0 Å². The summed E-state index contributed by atoms with van der Waals surface area (Å²) in [5.41, 5.74) is 2.55. The van der Waals surface area contributed by atoms with E-state index in [1.54, 1.807) is 25.1 Å². The van der Waals surface area contributed by atoms with E-state index in [0.29, 0.717) is 41.1 Å². The third-order valence-electron chi connectivity index (χ3n) is 6.33. The average Bonchev–Trinajstić information content (AvgIpc) is 2.88. The first kappa shape index (κ1) is 27.6. The summed E-state index contributed by atoms with van der Waals surface area (Å²) < 4.78 is 5.59. The molecular formula is C27H31Cl2N3O5. The fourth-order valence-corrected chi connectivity index (χ4v) is 4.83.